The Morgan fingerprint density at radius 3 is 3.00 bits per heavy atom. The maximum atomic E-state index is 6.20. The van der Waals surface area contributed by atoms with Crippen LogP contribution in [0, 0.1) is 5.92 Å². The van der Waals surface area contributed by atoms with Crippen molar-refractivity contribution in [3.63, 3.8) is 0 Å². The molecular weight excluding hydrogens is 268 g/mol. The molecule has 2 unspecified atom stereocenters. The lowest BCUT2D eigenvalue weighted by molar-refractivity contribution is 0.351. The molecule has 1 aliphatic heterocycles. The van der Waals surface area contributed by atoms with Crippen molar-refractivity contribution in [2.75, 3.05) is 19.6 Å². The van der Waals surface area contributed by atoms with Crippen LogP contribution in [0.1, 0.15) is 36.8 Å². The summed E-state index contributed by atoms with van der Waals surface area (Å²) in [7, 11) is 0. The molecule has 2 aliphatic carbocycles. The molecule has 0 bridgehead atoms. The molecular formula is C17H23ClN2. The number of aryl methyl sites for hydroxylation is 1. The topological polar surface area (TPSA) is 24.1 Å². The van der Waals surface area contributed by atoms with Crippen LogP contribution in [-0.4, -0.2) is 25.7 Å². The molecule has 3 heteroatoms. The van der Waals surface area contributed by atoms with Gasteiger partial charge in [0.05, 0.1) is 0 Å². The Bertz CT molecular complexity index is 510. The van der Waals surface area contributed by atoms with Gasteiger partial charge in [-0.1, -0.05) is 17.7 Å². The summed E-state index contributed by atoms with van der Waals surface area (Å²) in [5, 5.41) is 8.19. The zero-order valence-corrected chi connectivity index (χ0v) is 12.7. The van der Waals surface area contributed by atoms with Crippen LogP contribution in [0.4, 0.5) is 0 Å². The van der Waals surface area contributed by atoms with Gasteiger partial charge in [0.2, 0.25) is 0 Å². The van der Waals surface area contributed by atoms with Crippen LogP contribution in [0.25, 0.3) is 0 Å². The number of fused-ring (bicyclic) bond motifs is 2. The van der Waals surface area contributed by atoms with Crippen molar-refractivity contribution in [3.05, 3.63) is 34.3 Å². The molecule has 1 aromatic carbocycles. The van der Waals surface area contributed by atoms with Crippen molar-refractivity contribution in [2.45, 2.75) is 43.6 Å². The van der Waals surface area contributed by atoms with Gasteiger partial charge in [-0.3, -0.25) is 0 Å². The molecule has 1 spiro atoms. The smallest absolute Gasteiger partial charge is 0.0409 e. The van der Waals surface area contributed by atoms with Gasteiger partial charge in [0.25, 0.3) is 0 Å². The van der Waals surface area contributed by atoms with E-state index >= 15 is 0 Å². The van der Waals surface area contributed by atoms with Gasteiger partial charge < -0.3 is 10.6 Å². The summed E-state index contributed by atoms with van der Waals surface area (Å²) >= 11 is 6.20. The minimum absolute atomic E-state index is 0.424. The van der Waals surface area contributed by atoms with E-state index < -0.39 is 0 Å². The summed E-state index contributed by atoms with van der Waals surface area (Å²) in [6.45, 7) is 3.59. The van der Waals surface area contributed by atoms with Gasteiger partial charge in [0.1, 0.15) is 0 Å². The highest BCUT2D eigenvalue weighted by Gasteiger charge is 2.57. The average molecular weight is 291 g/mol. The van der Waals surface area contributed by atoms with E-state index in [1.54, 1.807) is 0 Å². The van der Waals surface area contributed by atoms with E-state index in [0.29, 0.717) is 11.5 Å². The van der Waals surface area contributed by atoms with Crippen LogP contribution in [-0.2, 0) is 11.8 Å². The summed E-state index contributed by atoms with van der Waals surface area (Å²) in [6.07, 6.45) is 6.51. The largest absolute Gasteiger partial charge is 0.317 e. The maximum absolute atomic E-state index is 6.20. The van der Waals surface area contributed by atoms with Crippen molar-refractivity contribution in [2.24, 2.45) is 5.92 Å². The summed E-state index contributed by atoms with van der Waals surface area (Å²) < 4.78 is 0. The molecule has 2 nitrogen and oxygen atoms in total. The minimum Gasteiger partial charge on any atom is -0.317 e. The van der Waals surface area contributed by atoms with Gasteiger partial charge in [-0.15, -0.1) is 0 Å². The van der Waals surface area contributed by atoms with Crippen molar-refractivity contribution < 1.29 is 0 Å². The standard InChI is InChI=1S/C17H23ClN2/c18-14-2-1-13-3-6-17(15(13)9-14)10-16(17)20-11-12-4-7-19-8-5-12/h1-2,9,12,16,19-20H,3-8,10-11H2. The first-order valence-corrected chi connectivity index (χ1v) is 8.39. The molecule has 4 rings (SSSR count). The summed E-state index contributed by atoms with van der Waals surface area (Å²) in [5.74, 6) is 0.870. The molecule has 1 heterocycles. The maximum Gasteiger partial charge on any atom is 0.0409 e. The number of hydrogen-bond acceptors (Lipinski definition) is 2. The van der Waals surface area contributed by atoms with E-state index in [1.807, 2.05) is 6.07 Å². The number of halogens is 1. The van der Waals surface area contributed by atoms with E-state index in [9.17, 15) is 0 Å². The van der Waals surface area contributed by atoms with Crippen molar-refractivity contribution >= 4 is 11.6 Å². The lowest BCUT2D eigenvalue weighted by Crippen LogP contribution is -2.35. The Morgan fingerprint density at radius 1 is 1.30 bits per heavy atom. The Labute approximate surface area is 126 Å². The zero-order chi connectivity index (χ0) is 13.6. The average Bonchev–Trinajstić information content (AvgIpc) is 3.08. The molecule has 0 amide bonds. The lowest BCUT2D eigenvalue weighted by atomic mass is 9.96. The van der Waals surface area contributed by atoms with E-state index in [-0.39, 0.29) is 0 Å². The van der Waals surface area contributed by atoms with Gasteiger partial charge >= 0.3 is 0 Å². The third kappa shape index (κ3) is 2.18. The van der Waals surface area contributed by atoms with Gasteiger partial charge in [-0.05, 0) is 80.9 Å². The third-order valence-corrected chi connectivity index (χ3v) is 5.87. The molecule has 2 atom stereocenters. The zero-order valence-electron chi connectivity index (χ0n) is 11.9. The molecule has 2 fully saturated rings. The third-order valence-electron chi connectivity index (χ3n) is 5.64. The van der Waals surface area contributed by atoms with Crippen LogP contribution in [0.3, 0.4) is 0 Å². The van der Waals surface area contributed by atoms with E-state index in [0.717, 1.165) is 10.9 Å². The highest BCUT2D eigenvalue weighted by Crippen LogP contribution is 2.57. The lowest BCUT2D eigenvalue weighted by Gasteiger charge is -2.23. The van der Waals surface area contributed by atoms with Gasteiger partial charge in [0, 0.05) is 16.5 Å². The van der Waals surface area contributed by atoms with Gasteiger partial charge in [-0.2, -0.15) is 0 Å². The van der Waals surface area contributed by atoms with Crippen LogP contribution in [0.15, 0.2) is 18.2 Å². The minimum atomic E-state index is 0.424. The number of benzene rings is 1. The fourth-order valence-electron chi connectivity index (χ4n) is 4.26. The fraction of sp³-hybridized carbons (Fsp3) is 0.647. The highest BCUT2D eigenvalue weighted by molar-refractivity contribution is 6.30. The molecule has 3 aliphatic rings. The highest BCUT2D eigenvalue weighted by atomic mass is 35.5. The summed E-state index contributed by atoms with van der Waals surface area (Å²) in [6, 6.07) is 7.18. The van der Waals surface area contributed by atoms with Crippen molar-refractivity contribution in [3.8, 4) is 0 Å². The normalized spacial score (nSPS) is 32.5. The fourth-order valence-corrected chi connectivity index (χ4v) is 4.44. The Hall–Kier alpha value is -0.570. The van der Waals surface area contributed by atoms with E-state index in [2.05, 4.69) is 22.8 Å². The predicted octanol–water partition coefficient (Wildman–Crippen LogP) is 2.89. The first-order chi connectivity index (χ1) is 9.78. The monoisotopic (exact) mass is 290 g/mol. The molecule has 20 heavy (non-hydrogen) atoms. The second kappa shape index (κ2) is 5.01. The number of piperidine rings is 1. The Kier molecular flexibility index (Phi) is 3.29. The van der Waals surface area contributed by atoms with E-state index in [4.69, 9.17) is 11.6 Å². The van der Waals surface area contributed by atoms with Crippen LogP contribution in [0.5, 0.6) is 0 Å². The number of nitrogens with one attached hydrogen (secondary N) is 2. The Balaban J connectivity index is 1.41. The molecule has 1 aromatic rings. The van der Waals surface area contributed by atoms with Crippen LogP contribution >= 0.6 is 11.6 Å². The summed E-state index contributed by atoms with van der Waals surface area (Å²) in [5.41, 5.74) is 3.49. The molecule has 1 saturated carbocycles. The van der Waals surface area contributed by atoms with Crippen molar-refractivity contribution in [1.29, 1.82) is 0 Å². The van der Waals surface area contributed by atoms with Crippen LogP contribution in [0.2, 0.25) is 5.02 Å². The second-order valence-electron chi connectivity index (χ2n) is 6.82. The Morgan fingerprint density at radius 2 is 2.15 bits per heavy atom. The number of rotatable bonds is 3. The molecule has 1 saturated heterocycles. The van der Waals surface area contributed by atoms with Gasteiger partial charge in [-0.25, -0.2) is 0 Å². The van der Waals surface area contributed by atoms with Crippen LogP contribution < -0.4 is 10.6 Å². The molecule has 108 valence electrons. The second-order valence-corrected chi connectivity index (χ2v) is 7.25. The number of hydrogen-bond donors (Lipinski definition) is 2. The quantitative estimate of drug-likeness (QED) is 0.894. The molecule has 0 radical (unpaired) electrons. The SMILES string of the molecule is Clc1ccc2c(c1)C1(CC2)CC1NCC1CCNCC1. The molecule has 0 aromatic heterocycles. The molecule has 2 N–H and O–H groups in total. The van der Waals surface area contributed by atoms with Gasteiger partial charge in [0.15, 0.2) is 0 Å². The van der Waals surface area contributed by atoms with Crippen molar-refractivity contribution in [1.82, 2.24) is 10.6 Å². The summed E-state index contributed by atoms with van der Waals surface area (Å²) in [4.78, 5) is 0. The van der Waals surface area contributed by atoms with E-state index in [1.165, 1.54) is 62.9 Å². The first-order valence-electron chi connectivity index (χ1n) is 8.01. The predicted molar refractivity (Wildman–Crippen MR) is 83.5 cm³/mol. The first kappa shape index (κ1) is 13.1.